The van der Waals surface area contributed by atoms with Gasteiger partial charge in [0, 0.05) is 37.2 Å². The van der Waals surface area contributed by atoms with Crippen LogP contribution in [-0.4, -0.2) is 30.3 Å². The van der Waals surface area contributed by atoms with Gasteiger partial charge in [-0.2, -0.15) is 0 Å². The second-order valence-electron chi connectivity index (χ2n) is 4.44. The van der Waals surface area contributed by atoms with E-state index >= 15 is 0 Å². The molecule has 16 heavy (non-hydrogen) atoms. The van der Waals surface area contributed by atoms with Crippen LogP contribution in [0.25, 0.3) is 0 Å². The summed E-state index contributed by atoms with van der Waals surface area (Å²) in [7, 11) is 0. The third-order valence-corrected chi connectivity index (χ3v) is 3.76. The number of rotatable bonds is 4. The van der Waals surface area contributed by atoms with Crippen LogP contribution in [0.2, 0.25) is 0 Å². The Morgan fingerprint density at radius 1 is 1.56 bits per heavy atom. The molecule has 0 aliphatic carbocycles. The van der Waals surface area contributed by atoms with Gasteiger partial charge in [-0.3, -0.25) is 0 Å². The van der Waals surface area contributed by atoms with Gasteiger partial charge in [-0.25, -0.2) is 4.98 Å². The lowest BCUT2D eigenvalue weighted by Gasteiger charge is -2.33. The van der Waals surface area contributed by atoms with Crippen LogP contribution in [0.5, 0.6) is 0 Å². The van der Waals surface area contributed by atoms with Crippen LogP contribution in [0.15, 0.2) is 5.38 Å². The van der Waals surface area contributed by atoms with Gasteiger partial charge in [0.05, 0.1) is 10.7 Å². The van der Waals surface area contributed by atoms with Gasteiger partial charge in [-0.1, -0.05) is 0 Å². The topological polar surface area (TPSA) is 60.2 Å². The molecule has 0 saturated carbocycles. The Labute approximate surface area is 100 Å². The number of hydrogen-bond donors (Lipinski definition) is 2. The molecular weight excluding hydrogens is 222 g/mol. The van der Waals surface area contributed by atoms with Crippen molar-refractivity contribution >= 4 is 11.3 Å². The van der Waals surface area contributed by atoms with Crippen molar-refractivity contribution in [2.75, 3.05) is 19.8 Å². The summed E-state index contributed by atoms with van der Waals surface area (Å²) in [6.45, 7) is 5.25. The smallest absolute Gasteiger partial charge is 0.0897 e. The number of nitrogens with two attached hydrogens (primary N) is 1. The molecule has 0 spiro atoms. The number of nitrogens with zero attached hydrogens (tertiary/aromatic N) is 1. The van der Waals surface area contributed by atoms with Gasteiger partial charge < -0.3 is 15.8 Å². The van der Waals surface area contributed by atoms with Crippen molar-refractivity contribution in [1.82, 2.24) is 10.3 Å². The molecule has 4 nitrogen and oxygen atoms in total. The Bertz CT molecular complexity index is 334. The molecule has 3 N–H and O–H groups in total. The van der Waals surface area contributed by atoms with Crippen molar-refractivity contribution < 1.29 is 4.74 Å². The minimum absolute atomic E-state index is 0.0939. The molecule has 0 atom stereocenters. The van der Waals surface area contributed by atoms with E-state index in [1.54, 1.807) is 11.3 Å². The largest absolute Gasteiger partial charge is 0.381 e. The maximum absolute atomic E-state index is 6.27. The van der Waals surface area contributed by atoms with Crippen LogP contribution in [0, 0.1) is 6.92 Å². The van der Waals surface area contributed by atoms with Gasteiger partial charge >= 0.3 is 0 Å². The number of aromatic nitrogens is 1. The Balaban J connectivity index is 1.74. The van der Waals surface area contributed by atoms with Crippen molar-refractivity contribution in [2.24, 2.45) is 5.73 Å². The Morgan fingerprint density at radius 2 is 2.31 bits per heavy atom. The molecule has 1 aliphatic heterocycles. The molecule has 2 rings (SSSR count). The summed E-state index contributed by atoms with van der Waals surface area (Å²) in [4.78, 5) is 4.41. The first-order valence-corrected chi connectivity index (χ1v) is 6.54. The first kappa shape index (κ1) is 12.0. The quantitative estimate of drug-likeness (QED) is 0.827. The van der Waals surface area contributed by atoms with E-state index in [-0.39, 0.29) is 5.54 Å². The zero-order valence-corrected chi connectivity index (χ0v) is 10.5. The first-order chi connectivity index (χ1) is 7.68. The molecule has 0 amide bonds. The fraction of sp³-hybridized carbons (Fsp3) is 0.727. The molecule has 0 bridgehead atoms. The van der Waals surface area contributed by atoms with Crippen LogP contribution in [0.1, 0.15) is 23.5 Å². The molecule has 5 heteroatoms. The van der Waals surface area contributed by atoms with Gasteiger partial charge in [0.15, 0.2) is 0 Å². The predicted molar refractivity (Wildman–Crippen MR) is 65.5 cm³/mol. The zero-order chi connectivity index (χ0) is 11.4. The van der Waals surface area contributed by atoms with Crippen molar-refractivity contribution in [3.63, 3.8) is 0 Å². The summed E-state index contributed by atoms with van der Waals surface area (Å²) in [5.41, 5.74) is 7.28. The normalized spacial score (nSPS) is 19.9. The molecule has 0 unspecified atom stereocenters. The van der Waals surface area contributed by atoms with Gasteiger partial charge in [0.25, 0.3) is 0 Å². The van der Waals surface area contributed by atoms with E-state index in [4.69, 9.17) is 10.5 Å². The molecule has 1 aromatic rings. The van der Waals surface area contributed by atoms with Crippen molar-refractivity contribution in [2.45, 2.75) is 31.8 Å². The summed E-state index contributed by atoms with van der Waals surface area (Å²) in [6, 6.07) is 0. The second-order valence-corrected chi connectivity index (χ2v) is 5.50. The minimum atomic E-state index is -0.0939. The maximum Gasteiger partial charge on any atom is 0.0897 e. The summed E-state index contributed by atoms with van der Waals surface area (Å²) in [5.74, 6) is 0. The van der Waals surface area contributed by atoms with Gasteiger partial charge in [0.2, 0.25) is 0 Å². The van der Waals surface area contributed by atoms with Crippen LogP contribution in [0.4, 0.5) is 0 Å². The number of hydrogen-bond acceptors (Lipinski definition) is 5. The van der Waals surface area contributed by atoms with Gasteiger partial charge in [0.1, 0.15) is 0 Å². The van der Waals surface area contributed by atoms with E-state index < -0.39 is 0 Å². The highest BCUT2D eigenvalue weighted by Crippen LogP contribution is 2.16. The number of ether oxygens (including phenoxy) is 1. The zero-order valence-electron chi connectivity index (χ0n) is 9.66. The monoisotopic (exact) mass is 241 g/mol. The second kappa shape index (κ2) is 5.23. The molecule has 90 valence electrons. The third-order valence-electron chi connectivity index (χ3n) is 2.94. The van der Waals surface area contributed by atoms with Crippen LogP contribution < -0.4 is 11.1 Å². The highest BCUT2D eigenvalue weighted by atomic mass is 32.1. The van der Waals surface area contributed by atoms with E-state index in [0.717, 1.165) is 49.8 Å². The highest BCUT2D eigenvalue weighted by molar-refractivity contribution is 7.09. The molecule has 1 aliphatic rings. The number of aryl methyl sites for hydroxylation is 1. The van der Waals surface area contributed by atoms with E-state index in [9.17, 15) is 0 Å². The number of nitrogens with one attached hydrogen (secondary N) is 1. The molecular formula is C11H19N3OS. The van der Waals surface area contributed by atoms with E-state index in [1.165, 1.54) is 0 Å². The maximum atomic E-state index is 6.27. The average molecular weight is 241 g/mol. The molecule has 2 heterocycles. The summed E-state index contributed by atoms with van der Waals surface area (Å²) >= 11 is 1.69. The van der Waals surface area contributed by atoms with Crippen molar-refractivity contribution in [1.29, 1.82) is 0 Å². The Kier molecular flexibility index (Phi) is 3.91. The van der Waals surface area contributed by atoms with Crippen molar-refractivity contribution in [3.05, 3.63) is 16.1 Å². The van der Waals surface area contributed by atoms with Gasteiger partial charge in [-0.15, -0.1) is 11.3 Å². The lowest BCUT2D eigenvalue weighted by atomic mass is 9.91. The molecule has 0 radical (unpaired) electrons. The van der Waals surface area contributed by atoms with E-state index in [2.05, 4.69) is 15.7 Å². The Hall–Kier alpha value is -0.490. The standard InChI is InChI=1S/C11H19N3OS/c1-9-14-10(7-16-9)6-13-8-11(12)2-4-15-5-3-11/h7,13H,2-6,8,12H2,1H3. The predicted octanol–water partition coefficient (Wildman–Crippen LogP) is 1.05. The first-order valence-electron chi connectivity index (χ1n) is 5.66. The summed E-state index contributed by atoms with van der Waals surface area (Å²) in [6.07, 6.45) is 1.88. The van der Waals surface area contributed by atoms with Crippen LogP contribution >= 0.6 is 11.3 Å². The molecule has 1 fully saturated rings. The van der Waals surface area contributed by atoms with E-state index in [0.29, 0.717) is 0 Å². The molecule has 0 aromatic carbocycles. The van der Waals surface area contributed by atoms with Gasteiger partial charge in [-0.05, 0) is 19.8 Å². The highest BCUT2D eigenvalue weighted by Gasteiger charge is 2.27. The fourth-order valence-electron chi connectivity index (χ4n) is 1.88. The van der Waals surface area contributed by atoms with Crippen molar-refractivity contribution in [3.8, 4) is 0 Å². The summed E-state index contributed by atoms with van der Waals surface area (Å²) in [5, 5.41) is 6.60. The Morgan fingerprint density at radius 3 is 2.94 bits per heavy atom. The summed E-state index contributed by atoms with van der Waals surface area (Å²) < 4.78 is 5.31. The lowest BCUT2D eigenvalue weighted by molar-refractivity contribution is 0.0530. The van der Waals surface area contributed by atoms with Crippen LogP contribution in [0.3, 0.4) is 0 Å². The number of thiazole rings is 1. The lowest BCUT2D eigenvalue weighted by Crippen LogP contribution is -2.52. The molecule has 1 saturated heterocycles. The minimum Gasteiger partial charge on any atom is -0.381 e. The molecule has 1 aromatic heterocycles. The van der Waals surface area contributed by atoms with E-state index in [1.807, 2.05) is 6.92 Å². The SMILES string of the molecule is Cc1nc(CNCC2(N)CCOCC2)cs1. The fourth-order valence-corrected chi connectivity index (χ4v) is 2.50. The third kappa shape index (κ3) is 3.25. The van der Waals surface area contributed by atoms with Crippen LogP contribution in [-0.2, 0) is 11.3 Å². The average Bonchev–Trinajstić information content (AvgIpc) is 2.65.